The van der Waals surface area contributed by atoms with Crippen molar-refractivity contribution in [3.8, 4) is 0 Å². The van der Waals surface area contributed by atoms with E-state index in [4.69, 9.17) is 9.78 Å². The van der Waals surface area contributed by atoms with E-state index in [0.29, 0.717) is 0 Å². The lowest BCUT2D eigenvalue weighted by Crippen LogP contribution is -2.55. The van der Waals surface area contributed by atoms with E-state index in [2.05, 4.69) is 158 Å². The number of aromatic nitrogens is 1. The monoisotopic (exact) mass is 561 g/mol. The number of benzene rings is 1. The van der Waals surface area contributed by atoms with Crippen LogP contribution in [0, 0.1) is 12.3 Å². The molecule has 0 saturated heterocycles. The summed E-state index contributed by atoms with van der Waals surface area (Å²) >= 11 is 0. The maximum absolute atomic E-state index is 6.52. The Morgan fingerprint density at radius 3 is 2.26 bits per heavy atom. The quantitative estimate of drug-likeness (QED) is 0.276. The van der Waals surface area contributed by atoms with Crippen LogP contribution in [0.1, 0.15) is 76.3 Å². The first-order valence-electron chi connectivity index (χ1n) is 15.1. The smallest absolute Gasteiger partial charge is 0.169 e. The van der Waals surface area contributed by atoms with Crippen LogP contribution < -0.4 is 4.57 Å². The number of rotatable bonds is 2. The van der Waals surface area contributed by atoms with Gasteiger partial charge in [0.2, 0.25) is 0 Å². The molecule has 4 nitrogen and oxygen atoms in total. The Kier molecular flexibility index (Phi) is 6.49. The molecule has 2 aromatic rings. The molecule has 4 heterocycles. The Morgan fingerprint density at radius 2 is 1.64 bits per heavy atom. The highest BCUT2D eigenvalue weighted by Gasteiger charge is 2.56. The van der Waals surface area contributed by atoms with Gasteiger partial charge in [0.1, 0.15) is 12.6 Å². The van der Waals surface area contributed by atoms with Crippen LogP contribution in [0.5, 0.6) is 0 Å². The van der Waals surface area contributed by atoms with Crippen LogP contribution >= 0.6 is 0 Å². The number of aryl methyl sites for hydroxylation is 1. The van der Waals surface area contributed by atoms with E-state index < -0.39 is 11.2 Å². The lowest BCUT2D eigenvalue weighted by molar-refractivity contribution is -0.671. The van der Waals surface area contributed by atoms with Crippen molar-refractivity contribution in [3.05, 3.63) is 118 Å². The standard InChI is InChI=1S/C38H45N2O2/c1-25-28-19-29(35(2,3)4)21-31(25)32(26-11-15-39(9)16-12-26)22-30-23-38(36(5,6)7)24-34(37(30,8)41-42-38)33(20-28)27-13-17-40(10)18-14-27/h11-15,17-24H,16H2,1-10H3/q+1/b32-22-,33-20-. The molecule has 0 saturated carbocycles. The molecule has 0 amide bonds. The molecule has 1 aromatic heterocycles. The van der Waals surface area contributed by atoms with Gasteiger partial charge in [-0.25, -0.2) is 14.3 Å². The van der Waals surface area contributed by atoms with E-state index >= 15 is 0 Å². The van der Waals surface area contributed by atoms with E-state index in [9.17, 15) is 0 Å². The summed E-state index contributed by atoms with van der Waals surface area (Å²) in [5.74, 6) is 0. The maximum atomic E-state index is 6.52. The topological polar surface area (TPSA) is 25.6 Å². The Morgan fingerprint density at radius 1 is 0.929 bits per heavy atom. The van der Waals surface area contributed by atoms with E-state index in [1.165, 1.54) is 33.4 Å². The van der Waals surface area contributed by atoms with Gasteiger partial charge in [-0.1, -0.05) is 59.8 Å². The van der Waals surface area contributed by atoms with Gasteiger partial charge in [-0.15, -0.1) is 0 Å². The third kappa shape index (κ3) is 4.56. The second-order valence-corrected chi connectivity index (χ2v) is 14.7. The van der Waals surface area contributed by atoms with Gasteiger partial charge in [-0.05, 0) is 112 Å². The third-order valence-corrected chi connectivity index (χ3v) is 9.51. The second-order valence-electron chi connectivity index (χ2n) is 14.7. The van der Waals surface area contributed by atoms with Crippen molar-refractivity contribution < 1.29 is 14.3 Å². The molecule has 3 aliphatic heterocycles. The van der Waals surface area contributed by atoms with Gasteiger partial charge in [0, 0.05) is 31.1 Å². The van der Waals surface area contributed by atoms with E-state index in [0.717, 1.165) is 28.8 Å². The molecule has 2 aliphatic carbocycles. The molecule has 0 N–H and O–H groups in total. The van der Waals surface area contributed by atoms with Crippen molar-refractivity contribution in [1.29, 1.82) is 0 Å². The fourth-order valence-electron chi connectivity index (χ4n) is 6.29. The molecular weight excluding hydrogens is 516 g/mol. The number of likely N-dealkylation sites (N-methyl/N-ethyl adjacent to an activating group) is 1. The van der Waals surface area contributed by atoms with Gasteiger partial charge >= 0.3 is 0 Å². The van der Waals surface area contributed by atoms with Gasteiger partial charge in [0.25, 0.3) is 0 Å². The minimum atomic E-state index is -0.783. The average Bonchev–Trinajstić information content (AvgIpc) is 2.91. The predicted molar refractivity (Wildman–Crippen MR) is 172 cm³/mol. The van der Waals surface area contributed by atoms with Gasteiger partial charge < -0.3 is 4.90 Å². The summed E-state index contributed by atoms with van der Waals surface area (Å²) in [6, 6.07) is 9.21. The first-order chi connectivity index (χ1) is 19.6. The molecule has 5 aliphatic rings. The molecule has 218 valence electrons. The van der Waals surface area contributed by atoms with Crippen molar-refractivity contribution in [2.45, 2.75) is 72.0 Å². The van der Waals surface area contributed by atoms with Crippen LogP contribution in [-0.4, -0.2) is 29.7 Å². The lowest BCUT2D eigenvalue weighted by Gasteiger charge is -2.52. The Hall–Kier alpha value is -3.47. The summed E-state index contributed by atoms with van der Waals surface area (Å²) < 4.78 is 2.08. The normalized spacial score (nSPS) is 27.9. The van der Waals surface area contributed by atoms with Crippen molar-refractivity contribution in [2.75, 3.05) is 13.6 Å². The van der Waals surface area contributed by atoms with Crippen molar-refractivity contribution in [1.82, 2.24) is 4.90 Å². The second kappa shape index (κ2) is 9.52. The van der Waals surface area contributed by atoms with E-state index in [1.807, 2.05) is 0 Å². The molecule has 7 rings (SSSR count). The highest BCUT2D eigenvalue weighted by molar-refractivity contribution is 5.97. The predicted octanol–water partition coefficient (Wildman–Crippen LogP) is 7.81. The zero-order chi connectivity index (χ0) is 30.2. The number of nitrogens with zero attached hydrogens (tertiary/aromatic N) is 2. The molecule has 4 heteroatoms. The fraction of sp³-hybridized carbons (Fsp3) is 0.395. The fourth-order valence-corrected chi connectivity index (χ4v) is 6.29. The lowest BCUT2D eigenvalue weighted by atomic mass is 9.64. The third-order valence-electron chi connectivity index (χ3n) is 9.51. The Bertz CT molecular complexity index is 1650. The van der Waals surface area contributed by atoms with Crippen LogP contribution in [0.3, 0.4) is 0 Å². The number of pyridine rings is 1. The minimum absolute atomic E-state index is 0.00930. The molecule has 42 heavy (non-hydrogen) atoms. The average molecular weight is 562 g/mol. The van der Waals surface area contributed by atoms with Gasteiger partial charge in [-0.3, -0.25) is 0 Å². The number of fused-ring (bicyclic) bond motifs is 3. The van der Waals surface area contributed by atoms with Gasteiger partial charge in [0.05, 0.1) is 0 Å². The van der Waals surface area contributed by atoms with E-state index in [1.54, 1.807) is 0 Å². The number of hydrogen-bond acceptors (Lipinski definition) is 3. The zero-order valence-electron chi connectivity index (χ0n) is 26.9. The summed E-state index contributed by atoms with van der Waals surface area (Å²) in [6.45, 7) is 18.9. The van der Waals surface area contributed by atoms with Crippen LogP contribution in [0.2, 0.25) is 0 Å². The molecule has 0 spiro atoms. The largest absolute Gasteiger partial charge is 0.377 e. The minimum Gasteiger partial charge on any atom is -0.377 e. The van der Waals surface area contributed by atoms with Crippen molar-refractivity contribution in [2.24, 2.45) is 12.5 Å². The number of hydrogen-bond donors (Lipinski definition) is 0. The molecule has 0 fully saturated rings. The highest BCUT2D eigenvalue weighted by atomic mass is 17.2. The molecule has 6 bridgehead atoms. The van der Waals surface area contributed by atoms with Crippen molar-refractivity contribution >= 4 is 17.2 Å². The van der Waals surface area contributed by atoms with Crippen LogP contribution in [0.15, 0.2) is 90.0 Å². The number of allylic oxidation sites excluding steroid dienone is 3. The first kappa shape index (κ1) is 28.6. The highest BCUT2D eigenvalue weighted by Crippen LogP contribution is 2.56. The molecule has 1 aromatic carbocycles. The summed E-state index contributed by atoms with van der Waals surface area (Å²) in [5.41, 5.74) is 10.4. The van der Waals surface area contributed by atoms with Crippen LogP contribution in [0.4, 0.5) is 0 Å². The molecular formula is C38H45N2O2+. The van der Waals surface area contributed by atoms with Crippen LogP contribution in [0.25, 0.3) is 17.2 Å². The Labute approximate surface area is 252 Å². The van der Waals surface area contributed by atoms with Crippen LogP contribution in [-0.2, 0) is 22.2 Å². The zero-order valence-corrected chi connectivity index (χ0v) is 26.9. The summed E-state index contributed by atoms with van der Waals surface area (Å²) in [5, 5.41) is 0. The molecule has 2 unspecified atom stereocenters. The molecule has 0 radical (unpaired) electrons. The summed E-state index contributed by atoms with van der Waals surface area (Å²) in [7, 11) is 4.17. The van der Waals surface area contributed by atoms with Gasteiger partial charge in [-0.2, -0.15) is 0 Å². The summed E-state index contributed by atoms with van der Waals surface area (Å²) in [4.78, 5) is 15.1. The van der Waals surface area contributed by atoms with E-state index in [-0.39, 0.29) is 10.8 Å². The van der Waals surface area contributed by atoms with Gasteiger partial charge in [0.15, 0.2) is 18.0 Å². The SMILES string of the molecule is Cc1c2cc(C(C)(C)C)cc1/C(C1=CCN(C)C=C1)=C\C1=CC3(C(C)(C)C)C=C(/C(c4cc[n+](C)cc4)=C\2)C1(C)OO3. The maximum Gasteiger partial charge on any atom is 0.169 e. The Balaban J connectivity index is 1.75. The molecule has 2 atom stereocenters. The summed E-state index contributed by atoms with van der Waals surface area (Å²) in [6.07, 6.45) is 20.4. The first-order valence-corrected chi connectivity index (χ1v) is 15.1. The van der Waals surface area contributed by atoms with Crippen molar-refractivity contribution in [3.63, 3.8) is 0 Å².